The molecule has 0 aliphatic carbocycles. The van der Waals surface area contributed by atoms with Crippen molar-refractivity contribution in [3.8, 4) is 0 Å². The maximum atomic E-state index is 12.8. The molecule has 0 saturated carbocycles. The largest absolute Gasteiger partial charge is 0.375 e. The van der Waals surface area contributed by atoms with Crippen molar-refractivity contribution in [1.29, 1.82) is 0 Å². The van der Waals surface area contributed by atoms with Crippen LogP contribution in [0.25, 0.3) is 0 Å². The summed E-state index contributed by atoms with van der Waals surface area (Å²) in [5, 5.41) is 5.79. The van der Waals surface area contributed by atoms with E-state index in [1.54, 1.807) is 11.8 Å². The normalized spacial score (nSPS) is 11.5. The third kappa shape index (κ3) is 6.07. The van der Waals surface area contributed by atoms with Gasteiger partial charge in [0.05, 0.1) is 0 Å². The number of carbonyl (C=O) groups is 2. The van der Waals surface area contributed by atoms with Crippen LogP contribution in [-0.4, -0.2) is 30.3 Å². The average molecular weight is 331 g/mol. The summed E-state index contributed by atoms with van der Waals surface area (Å²) in [6.07, 6.45) is 2.59. The van der Waals surface area contributed by atoms with Gasteiger partial charge in [-0.25, -0.2) is 0 Å². The number of carbonyl (C=O) groups excluding carboxylic acids is 2. The van der Waals surface area contributed by atoms with E-state index in [-0.39, 0.29) is 5.91 Å². The number of aryl methyl sites for hydroxylation is 1. The molecule has 0 aliphatic rings. The Morgan fingerprint density at radius 1 is 1.21 bits per heavy atom. The summed E-state index contributed by atoms with van der Waals surface area (Å²) < 4.78 is 0. The number of nitrogens with one attached hydrogen (secondary N) is 2. The molecule has 0 aliphatic heterocycles. The summed E-state index contributed by atoms with van der Waals surface area (Å²) in [6, 6.07) is 8.14. The first-order chi connectivity index (χ1) is 11.5. The monoisotopic (exact) mass is 331 g/mol. The van der Waals surface area contributed by atoms with E-state index in [2.05, 4.69) is 17.6 Å². The molecule has 0 atom stereocenters. The molecule has 0 aromatic heterocycles. The van der Waals surface area contributed by atoms with Gasteiger partial charge in [0.1, 0.15) is 5.70 Å². The predicted molar refractivity (Wildman–Crippen MR) is 97.1 cm³/mol. The van der Waals surface area contributed by atoms with Crippen LogP contribution in [-0.2, 0) is 16.1 Å². The van der Waals surface area contributed by atoms with E-state index < -0.39 is 0 Å². The number of hydrogen-bond donors (Lipinski definition) is 2. The second-order valence-corrected chi connectivity index (χ2v) is 5.84. The Morgan fingerprint density at radius 2 is 1.88 bits per heavy atom. The van der Waals surface area contributed by atoms with Crippen molar-refractivity contribution < 1.29 is 9.59 Å². The van der Waals surface area contributed by atoms with Gasteiger partial charge in [0.15, 0.2) is 0 Å². The van der Waals surface area contributed by atoms with Gasteiger partial charge in [0.25, 0.3) is 5.91 Å². The smallest absolute Gasteiger partial charge is 0.271 e. The lowest BCUT2D eigenvalue weighted by Gasteiger charge is -2.24. The van der Waals surface area contributed by atoms with Crippen LogP contribution < -0.4 is 10.6 Å². The minimum absolute atomic E-state index is 0.0788. The van der Waals surface area contributed by atoms with Gasteiger partial charge in [-0.15, -0.1) is 0 Å². The third-order valence-corrected chi connectivity index (χ3v) is 3.90. The third-order valence-electron chi connectivity index (χ3n) is 3.90. The molecule has 0 fully saturated rings. The molecule has 0 radical (unpaired) electrons. The number of nitrogens with zero attached hydrogens (tertiary/aromatic N) is 1. The van der Waals surface area contributed by atoms with Crippen LogP contribution in [0.4, 0.5) is 0 Å². The Balaban J connectivity index is 2.90. The van der Waals surface area contributed by atoms with Gasteiger partial charge >= 0.3 is 0 Å². The molecule has 132 valence electrons. The summed E-state index contributed by atoms with van der Waals surface area (Å²) in [5.41, 5.74) is 3.26. The van der Waals surface area contributed by atoms with Gasteiger partial charge in [0, 0.05) is 25.3 Å². The predicted octanol–water partition coefficient (Wildman–Crippen LogP) is 2.71. The highest BCUT2D eigenvalue weighted by atomic mass is 16.2. The molecule has 0 heterocycles. The molecular formula is C19H29N3O2. The van der Waals surface area contributed by atoms with Gasteiger partial charge in [-0.1, -0.05) is 43.2 Å². The molecule has 2 N–H and O–H groups in total. The lowest BCUT2D eigenvalue weighted by atomic mass is 10.1. The number of amides is 2. The topological polar surface area (TPSA) is 61.4 Å². The minimum atomic E-state index is -0.0788. The van der Waals surface area contributed by atoms with E-state index in [1.807, 2.05) is 38.1 Å². The second-order valence-electron chi connectivity index (χ2n) is 5.84. The highest BCUT2D eigenvalue weighted by Crippen LogP contribution is 2.08. The van der Waals surface area contributed by atoms with Crippen molar-refractivity contribution in [2.75, 3.05) is 13.1 Å². The minimum Gasteiger partial charge on any atom is -0.375 e. The summed E-state index contributed by atoms with van der Waals surface area (Å²) in [5.74, 6) is -0.0788. The van der Waals surface area contributed by atoms with E-state index in [0.29, 0.717) is 30.9 Å². The molecule has 5 nitrogen and oxygen atoms in total. The number of unbranched alkanes of at least 4 members (excludes halogenated alkanes) is 1. The van der Waals surface area contributed by atoms with E-state index >= 15 is 0 Å². The first-order valence-corrected chi connectivity index (χ1v) is 8.53. The van der Waals surface area contributed by atoms with Crippen LogP contribution in [0.2, 0.25) is 0 Å². The fraction of sp³-hybridized carbons (Fsp3) is 0.474. The summed E-state index contributed by atoms with van der Waals surface area (Å²) in [7, 11) is 0. The Morgan fingerprint density at radius 3 is 2.42 bits per heavy atom. The highest BCUT2D eigenvalue weighted by Gasteiger charge is 2.19. The summed E-state index contributed by atoms with van der Waals surface area (Å²) >= 11 is 0. The maximum Gasteiger partial charge on any atom is 0.271 e. The molecule has 1 rings (SSSR count). The number of allylic oxidation sites excluding steroid dienone is 1. The molecule has 0 bridgehead atoms. The molecule has 1 aromatic carbocycles. The van der Waals surface area contributed by atoms with Crippen molar-refractivity contribution in [2.45, 2.75) is 47.1 Å². The quantitative estimate of drug-likeness (QED) is 0.512. The van der Waals surface area contributed by atoms with Crippen LogP contribution in [0.1, 0.15) is 44.7 Å². The van der Waals surface area contributed by atoms with E-state index in [4.69, 9.17) is 0 Å². The van der Waals surface area contributed by atoms with Crippen molar-refractivity contribution in [3.05, 3.63) is 46.8 Å². The van der Waals surface area contributed by atoms with Gasteiger partial charge in [-0.3, -0.25) is 9.59 Å². The summed E-state index contributed by atoms with van der Waals surface area (Å²) in [6.45, 7) is 9.73. The Labute approximate surface area is 145 Å². The van der Waals surface area contributed by atoms with Crippen molar-refractivity contribution in [1.82, 2.24) is 15.5 Å². The lowest BCUT2D eigenvalue weighted by molar-refractivity contribution is -0.127. The van der Waals surface area contributed by atoms with Gasteiger partial charge in [-0.2, -0.15) is 0 Å². The van der Waals surface area contributed by atoms with Gasteiger partial charge in [0.2, 0.25) is 6.41 Å². The average Bonchev–Trinajstić information content (AvgIpc) is 2.57. The molecule has 0 saturated heterocycles. The number of likely N-dealkylation sites (N-methyl/N-ethyl adjacent to an activating group) is 1. The Kier molecular flexibility index (Phi) is 8.61. The van der Waals surface area contributed by atoms with Crippen LogP contribution in [0.5, 0.6) is 0 Å². The van der Waals surface area contributed by atoms with E-state index in [0.717, 1.165) is 24.9 Å². The van der Waals surface area contributed by atoms with Crippen LogP contribution in [0.15, 0.2) is 35.7 Å². The molecule has 24 heavy (non-hydrogen) atoms. The lowest BCUT2D eigenvalue weighted by Crippen LogP contribution is -2.38. The SMILES string of the molecule is CCCCN(CC)C(=O)/C(NCc1ccc(C)cc1)=C(/C)NC=O. The Hall–Kier alpha value is -2.30. The molecule has 1 aromatic rings. The van der Waals surface area contributed by atoms with Crippen LogP contribution in [0, 0.1) is 6.92 Å². The van der Waals surface area contributed by atoms with Crippen molar-refractivity contribution >= 4 is 12.3 Å². The first kappa shape index (κ1) is 19.7. The van der Waals surface area contributed by atoms with E-state index in [9.17, 15) is 9.59 Å². The first-order valence-electron chi connectivity index (χ1n) is 8.53. The zero-order chi connectivity index (χ0) is 17.9. The zero-order valence-corrected chi connectivity index (χ0v) is 15.2. The zero-order valence-electron chi connectivity index (χ0n) is 15.2. The second kappa shape index (κ2) is 10.5. The van der Waals surface area contributed by atoms with Gasteiger partial charge in [-0.05, 0) is 32.8 Å². The summed E-state index contributed by atoms with van der Waals surface area (Å²) in [4.78, 5) is 25.4. The molecule has 0 unspecified atom stereocenters. The van der Waals surface area contributed by atoms with Crippen molar-refractivity contribution in [3.63, 3.8) is 0 Å². The molecule has 2 amide bonds. The fourth-order valence-corrected chi connectivity index (χ4v) is 2.34. The highest BCUT2D eigenvalue weighted by molar-refractivity contribution is 5.93. The maximum absolute atomic E-state index is 12.8. The van der Waals surface area contributed by atoms with Crippen LogP contribution in [0.3, 0.4) is 0 Å². The van der Waals surface area contributed by atoms with Crippen LogP contribution >= 0.6 is 0 Å². The number of benzene rings is 1. The molecule has 5 heteroatoms. The molecule has 0 spiro atoms. The fourth-order valence-electron chi connectivity index (χ4n) is 2.34. The van der Waals surface area contributed by atoms with Gasteiger partial charge < -0.3 is 15.5 Å². The van der Waals surface area contributed by atoms with E-state index in [1.165, 1.54) is 5.56 Å². The number of rotatable bonds is 10. The number of hydrogen-bond acceptors (Lipinski definition) is 3. The Bertz CT molecular complexity index is 564. The standard InChI is InChI=1S/C19H29N3O2/c1-5-7-12-22(6-2)19(24)18(16(4)21-14-23)20-13-17-10-8-15(3)9-11-17/h8-11,14,20H,5-7,12-13H2,1-4H3,(H,21,23)/b18-16+. The molecular weight excluding hydrogens is 302 g/mol. The van der Waals surface area contributed by atoms with Crippen molar-refractivity contribution in [2.24, 2.45) is 0 Å².